The summed E-state index contributed by atoms with van der Waals surface area (Å²) < 4.78 is 0. The number of hydrogen-bond donors (Lipinski definition) is 1. The molecule has 1 aromatic heterocycles. The maximum Gasteiger partial charge on any atom is 0.275 e. The van der Waals surface area contributed by atoms with Crippen LogP contribution in [-0.4, -0.2) is 39.8 Å². The van der Waals surface area contributed by atoms with Crippen LogP contribution >= 0.6 is 0 Å². The average molecular weight is 346 g/mol. The predicted octanol–water partition coefficient (Wildman–Crippen LogP) is 3.12. The van der Waals surface area contributed by atoms with Crippen LogP contribution < -0.4 is 5.32 Å². The topological polar surface area (TPSA) is 75.2 Å². The van der Waals surface area contributed by atoms with E-state index >= 15 is 0 Å². The fourth-order valence-electron chi connectivity index (χ4n) is 3.06. The Kier molecular flexibility index (Phi) is 4.31. The second kappa shape index (κ2) is 6.92. The van der Waals surface area contributed by atoms with Crippen LogP contribution in [0.4, 0.5) is 5.69 Å². The minimum atomic E-state index is -0.332. The Bertz CT molecular complexity index is 963. The Morgan fingerprint density at radius 3 is 2.35 bits per heavy atom. The average Bonchev–Trinajstić information content (AvgIpc) is 3.22. The lowest BCUT2D eigenvalue weighted by Gasteiger charge is -2.15. The van der Waals surface area contributed by atoms with Gasteiger partial charge in [-0.1, -0.05) is 12.1 Å². The first kappa shape index (κ1) is 16.2. The number of likely N-dealkylation sites (tertiary alicyclic amines) is 1. The summed E-state index contributed by atoms with van der Waals surface area (Å²) in [5.74, 6) is -0.289. The highest BCUT2D eigenvalue weighted by Crippen LogP contribution is 2.16. The molecule has 0 saturated carbocycles. The Hall–Kier alpha value is -3.28. The van der Waals surface area contributed by atoms with Crippen LogP contribution in [0, 0.1) is 0 Å². The molecule has 26 heavy (non-hydrogen) atoms. The Morgan fingerprint density at radius 1 is 0.923 bits per heavy atom. The number of rotatable bonds is 3. The molecule has 4 rings (SSSR count). The van der Waals surface area contributed by atoms with Gasteiger partial charge >= 0.3 is 0 Å². The fourth-order valence-corrected chi connectivity index (χ4v) is 3.06. The number of carbonyl (C=O) groups is 2. The molecule has 1 aliphatic rings. The van der Waals surface area contributed by atoms with Gasteiger partial charge in [0, 0.05) is 24.3 Å². The zero-order valence-electron chi connectivity index (χ0n) is 14.2. The molecule has 2 aromatic carbocycles. The Balaban J connectivity index is 1.47. The number of nitrogens with zero attached hydrogens (tertiary/aromatic N) is 3. The van der Waals surface area contributed by atoms with Crippen LogP contribution in [0.5, 0.6) is 0 Å². The highest BCUT2D eigenvalue weighted by Gasteiger charge is 2.19. The van der Waals surface area contributed by atoms with Gasteiger partial charge in [-0.15, -0.1) is 0 Å². The number of amides is 2. The van der Waals surface area contributed by atoms with Crippen molar-refractivity contribution >= 4 is 28.5 Å². The van der Waals surface area contributed by atoms with E-state index in [-0.39, 0.29) is 17.5 Å². The van der Waals surface area contributed by atoms with Crippen molar-refractivity contribution < 1.29 is 9.59 Å². The molecule has 1 aliphatic heterocycles. The number of para-hydroxylation sites is 2. The number of aromatic nitrogens is 2. The number of nitrogens with one attached hydrogen (secondary N) is 1. The first-order chi connectivity index (χ1) is 12.7. The molecule has 3 aromatic rings. The van der Waals surface area contributed by atoms with Crippen molar-refractivity contribution in [2.24, 2.45) is 0 Å². The summed E-state index contributed by atoms with van der Waals surface area (Å²) in [5.41, 5.74) is 2.92. The summed E-state index contributed by atoms with van der Waals surface area (Å²) >= 11 is 0. The smallest absolute Gasteiger partial charge is 0.275 e. The van der Waals surface area contributed by atoms with Crippen LogP contribution in [0.3, 0.4) is 0 Å². The molecule has 2 heterocycles. The molecule has 130 valence electrons. The van der Waals surface area contributed by atoms with Crippen molar-refractivity contribution in [3.8, 4) is 0 Å². The van der Waals surface area contributed by atoms with Crippen molar-refractivity contribution in [1.82, 2.24) is 14.9 Å². The van der Waals surface area contributed by atoms with Gasteiger partial charge in [0.1, 0.15) is 5.69 Å². The molecule has 0 aliphatic carbocycles. The molecule has 6 heteroatoms. The second-order valence-corrected chi connectivity index (χ2v) is 6.27. The summed E-state index contributed by atoms with van der Waals surface area (Å²) in [6.07, 6.45) is 3.59. The highest BCUT2D eigenvalue weighted by atomic mass is 16.2. The van der Waals surface area contributed by atoms with Crippen molar-refractivity contribution in [1.29, 1.82) is 0 Å². The molecule has 1 saturated heterocycles. The molecule has 0 atom stereocenters. The maximum absolute atomic E-state index is 12.4. The van der Waals surface area contributed by atoms with E-state index in [1.165, 1.54) is 6.20 Å². The van der Waals surface area contributed by atoms with Gasteiger partial charge in [-0.2, -0.15) is 0 Å². The number of benzene rings is 2. The second-order valence-electron chi connectivity index (χ2n) is 6.27. The standard InChI is InChI=1S/C20H18N4O2/c25-19(18-13-21-16-5-1-2-6-17(16)23-18)22-15-9-7-14(8-10-15)20(26)24-11-3-4-12-24/h1-2,5-10,13H,3-4,11-12H2,(H,22,25). The van der Waals surface area contributed by atoms with Gasteiger partial charge in [-0.25, -0.2) is 4.98 Å². The highest BCUT2D eigenvalue weighted by molar-refractivity contribution is 6.04. The summed E-state index contributed by atoms with van der Waals surface area (Å²) in [5, 5.41) is 2.79. The first-order valence-electron chi connectivity index (χ1n) is 8.63. The van der Waals surface area contributed by atoms with Gasteiger partial charge < -0.3 is 10.2 Å². The third-order valence-electron chi connectivity index (χ3n) is 4.46. The molecule has 1 fully saturated rings. The van der Waals surface area contributed by atoms with E-state index in [0.717, 1.165) is 31.4 Å². The zero-order valence-corrected chi connectivity index (χ0v) is 14.2. The SMILES string of the molecule is O=C(Nc1ccc(C(=O)N2CCCC2)cc1)c1cnc2ccccc2n1. The minimum absolute atomic E-state index is 0.0424. The monoisotopic (exact) mass is 346 g/mol. The van der Waals surface area contributed by atoms with Crippen molar-refractivity contribution in [3.63, 3.8) is 0 Å². The van der Waals surface area contributed by atoms with Gasteiger partial charge in [0.15, 0.2) is 0 Å². The van der Waals surface area contributed by atoms with Gasteiger partial charge in [0.25, 0.3) is 11.8 Å². The Labute approximate surface area is 150 Å². The van der Waals surface area contributed by atoms with Gasteiger partial charge in [-0.05, 0) is 49.2 Å². The van der Waals surface area contributed by atoms with Crippen LogP contribution in [-0.2, 0) is 0 Å². The quantitative estimate of drug-likeness (QED) is 0.791. The molecule has 6 nitrogen and oxygen atoms in total. The van der Waals surface area contributed by atoms with E-state index in [2.05, 4.69) is 15.3 Å². The van der Waals surface area contributed by atoms with E-state index in [9.17, 15) is 9.59 Å². The number of anilines is 1. The number of fused-ring (bicyclic) bond motifs is 1. The largest absolute Gasteiger partial charge is 0.339 e. The molecule has 0 unspecified atom stereocenters. The van der Waals surface area contributed by atoms with Gasteiger partial charge in [0.2, 0.25) is 0 Å². The fraction of sp³-hybridized carbons (Fsp3) is 0.200. The minimum Gasteiger partial charge on any atom is -0.339 e. The predicted molar refractivity (Wildman–Crippen MR) is 99.1 cm³/mol. The summed E-state index contributed by atoms with van der Waals surface area (Å²) in [4.78, 5) is 35.2. The zero-order chi connectivity index (χ0) is 17.9. The molecule has 0 radical (unpaired) electrons. The van der Waals surface area contributed by atoms with E-state index in [0.29, 0.717) is 16.8 Å². The summed E-state index contributed by atoms with van der Waals surface area (Å²) in [7, 11) is 0. The van der Waals surface area contributed by atoms with E-state index in [1.54, 1.807) is 24.3 Å². The molecular formula is C20H18N4O2. The lowest BCUT2D eigenvalue weighted by atomic mass is 10.2. The third-order valence-corrected chi connectivity index (χ3v) is 4.46. The van der Waals surface area contributed by atoms with Crippen LogP contribution in [0.1, 0.15) is 33.7 Å². The first-order valence-corrected chi connectivity index (χ1v) is 8.63. The van der Waals surface area contributed by atoms with Gasteiger partial charge in [0.05, 0.1) is 17.2 Å². The van der Waals surface area contributed by atoms with Crippen molar-refractivity contribution in [3.05, 3.63) is 66.0 Å². The molecule has 1 N–H and O–H groups in total. The van der Waals surface area contributed by atoms with Crippen LogP contribution in [0.25, 0.3) is 11.0 Å². The Morgan fingerprint density at radius 2 is 1.62 bits per heavy atom. The molecule has 2 amide bonds. The lowest BCUT2D eigenvalue weighted by Crippen LogP contribution is -2.27. The van der Waals surface area contributed by atoms with E-state index < -0.39 is 0 Å². The molecule has 0 spiro atoms. The summed E-state index contributed by atoms with van der Waals surface area (Å²) in [6, 6.07) is 14.3. The number of carbonyl (C=O) groups excluding carboxylic acids is 2. The van der Waals surface area contributed by atoms with Crippen LogP contribution in [0.2, 0.25) is 0 Å². The normalized spacial score (nSPS) is 13.8. The molecular weight excluding hydrogens is 328 g/mol. The van der Waals surface area contributed by atoms with Crippen molar-refractivity contribution in [2.45, 2.75) is 12.8 Å². The van der Waals surface area contributed by atoms with Gasteiger partial charge in [-0.3, -0.25) is 14.6 Å². The maximum atomic E-state index is 12.4. The molecule has 0 bridgehead atoms. The van der Waals surface area contributed by atoms with E-state index in [1.807, 2.05) is 29.2 Å². The number of hydrogen-bond acceptors (Lipinski definition) is 4. The van der Waals surface area contributed by atoms with Crippen LogP contribution in [0.15, 0.2) is 54.7 Å². The third kappa shape index (κ3) is 3.26. The lowest BCUT2D eigenvalue weighted by molar-refractivity contribution is 0.0792. The van der Waals surface area contributed by atoms with E-state index in [4.69, 9.17) is 0 Å². The van der Waals surface area contributed by atoms with Crippen molar-refractivity contribution in [2.75, 3.05) is 18.4 Å². The summed E-state index contributed by atoms with van der Waals surface area (Å²) in [6.45, 7) is 1.63.